The predicted octanol–water partition coefficient (Wildman–Crippen LogP) is 3.33. The zero-order valence-electron chi connectivity index (χ0n) is 8.66. The number of hydrogen-bond acceptors (Lipinski definition) is 2. The van der Waals surface area contributed by atoms with E-state index < -0.39 is 0 Å². The van der Waals surface area contributed by atoms with E-state index in [4.69, 9.17) is 0 Å². The summed E-state index contributed by atoms with van der Waals surface area (Å²) >= 11 is 4.94. The average molecular weight is 299 g/mol. The Hall–Kier alpha value is -1.07. The number of H-pyrrole nitrogens is 1. The van der Waals surface area contributed by atoms with Crippen LogP contribution in [0.5, 0.6) is 0 Å². The molecule has 3 nitrogen and oxygen atoms in total. The van der Waals surface area contributed by atoms with Crippen molar-refractivity contribution in [3.63, 3.8) is 0 Å². The lowest BCUT2D eigenvalue weighted by Crippen LogP contribution is -2.26. The van der Waals surface area contributed by atoms with Crippen LogP contribution in [-0.2, 0) is 0 Å². The van der Waals surface area contributed by atoms with Gasteiger partial charge >= 0.3 is 0 Å². The van der Waals surface area contributed by atoms with Gasteiger partial charge in [0.25, 0.3) is 5.91 Å². The van der Waals surface area contributed by atoms with Crippen LogP contribution in [0.25, 0.3) is 0 Å². The second-order valence-corrected chi connectivity index (χ2v) is 5.34. The second kappa shape index (κ2) is 4.84. The van der Waals surface area contributed by atoms with Crippen LogP contribution in [0.3, 0.4) is 0 Å². The Morgan fingerprint density at radius 1 is 1.62 bits per heavy atom. The number of carbonyl (C=O) groups is 1. The van der Waals surface area contributed by atoms with Crippen LogP contribution in [-0.4, -0.2) is 10.9 Å². The number of aromatic amines is 1. The fourth-order valence-corrected chi connectivity index (χ4v) is 2.46. The Labute approximate surface area is 106 Å². The molecule has 0 aliphatic rings. The Morgan fingerprint density at radius 2 is 2.44 bits per heavy atom. The van der Waals surface area contributed by atoms with Gasteiger partial charge in [-0.3, -0.25) is 4.79 Å². The van der Waals surface area contributed by atoms with Crippen LogP contribution in [0, 0.1) is 0 Å². The van der Waals surface area contributed by atoms with Crippen molar-refractivity contribution in [3.05, 3.63) is 44.8 Å². The minimum absolute atomic E-state index is 0.0366. The SMILES string of the molecule is CC(NC(=O)c1cc(Br)c[nH]1)c1cccs1. The van der Waals surface area contributed by atoms with Crippen LogP contribution >= 0.6 is 27.3 Å². The van der Waals surface area contributed by atoms with Crippen molar-refractivity contribution < 1.29 is 4.79 Å². The first-order valence-corrected chi connectivity index (χ1v) is 6.52. The van der Waals surface area contributed by atoms with E-state index in [2.05, 4.69) is 26.2 Å². The molecule has 2 heterocycles. The number of thiophene rings is 1. The molecule has 0 fully saturated rings. The maximum atomic E-state index is 11.8. The third-order valence-electron chi connectivity index (χ3n) is 2.21. The van der Waals surface area contributed by atoms with E-state index in [1.54, 1.807) is 23.6 Å². The number of amides is 1. The number of halogens is 1. The first-order valence-electron chi connectivity index (χ1n) is 4.85. The smallest absolute Gasteiger partial charge is 0.268 e. The van der Waals surface area contributed by atoms with Gasteiger partial charge < -0.3 is 10.3 Å². The molecule has 2 rings (SSSR count). The number of hydrogen-bond donors (Lipinski definition) is 2. The third kappa shape index (κ3) is 2.54. The third-order valence-corrected chi connectivity index (χ3v) is 3.72. The Bertz CT molecular complexity index is 478. The lowest BCUT2D eigenvalue weighted by molar-refractivity contribution is 0.0936. The standard InChI is InChI=1S/C11H11BrN2OS/c1-7(10-3-2-4-16-10)14-11(15)9-5-8(12)6-13-9/h2-7,13H,1H3,(H,14,15). The number of nitrogens with one attached hydrogen (secondary N) is 2. The summed E-state index contributed by atoms with van der Waals surface area (Å²) in [6.07, 6.45) is 1.74. The van der Waals surface area contributed by atoms with E-state index in [9.17, 15) is 4.79 Å². The van der Waals surface area contributed by atoms with Gasteiger partial charge in [0, 0.05) is 15.5 Å². The van der Waals surface area contributed by atoms with E-state index >= 15 is 0 Å². The van der Waals surface area contributed by atoms with Crippen molar-refractivity contribution in [1.82, 2.24) is 10.3 Å². The Balaban J connectivity index is 2.03. The van der Waals surface area contributed by atoms with Crippen molar-refractivity contribution >= 4 is 33.2 Å². The van der Waals surface area contributed by atoms with Crippen molar-refractivity contribution in [1.29, 1.82) is 0 Å². The molecule has 0 aliphatic carbocycles. The fourth-order valence-electron chi connectivity index (χ4n) is 1.38. The Morgan fingerprint density at radius 3 is 3.00 bits per heavy atom. The van der Waals surface area contributed by atoms with Gasteiger partial charge in [-0.2, -0.15) is 0 Å². The van der Waals surface area contributed by atoms with Gasteiger partial charge in [0.05, 0.1) is 6.04 Å². The summed E-state index contributed by atoms with van der Waals surface area (Å²) in [4.78, 5) is 15.9. The van der Waals surface area contributed by atoms with Gasteiger partial charge in [-0.1, -0.05) is 6.07 Å². The maximum absolute atomic E-state index is 11.8. The molecule has 0 bridgehead atoms. The molecule has 0 saturated heterocycles. The molecule has 2 aromatic heterocycles. The average Bonchev–Trinajstić information content (AvgIpc) is 2.87. The molecule has 0 aliphatic heterocycles. The van der Waals surface area contributed by atoms with Crippen LogP contribution in [0.2, 0.25) is 0 Å². The summed E-state index contributed by atoms with van der Waals surface area (Å²) < 4.78 is 0.876. The summed E-state index contributed by atoms with van der Waals surface area (Å²) in [5, 5.41) is 4.93. The minimum Gasteiger partial charge on any atom is -0.356 e. The van der Waals surface area contributed by atoms with Gasteiger partial charge in [-0.05, 0) is 40.4 Å². The molecule has 0 saturated carbocycles. The Kier molecular flexibility index (Phi) is 3.46. The van der Waals surface area contributed by atoms with E-state index in [-0.39, 0.29) is 11.9 Å². The van der Waals surface area contributed by atoms with Crippen molar-refractivity contribution in [2.24, 2.45) is 0 Å². The zero-order chi connectivity index (χ0) is 11.5. The molecule has 16 heavy (non-hydrogen) atoms. The number of aromatic nitrogens is 1. The molecular weight excluding hydrogens is 288 g/mol. The van der Waals surface area contributed by atoms with E-state index in [1.165, 1.54) is 0 Å². The van der Waals surface area contributed by atoms with Gasteiger partial charge in [-0.25, -0.2) is 0 Å². The molecule has 1 unspecified atom stereocenters. The lowest BCUT2D eigenvalue weighted by atomic mass is 10.2. The zero-order valence-corrected chi connectivity index (χ0v) is 11.1. The summed E-state index contributed by atoms with van der Waals surface area (Å²) in [6.45, 7) is 1.97. The van der Waals surface area contributed by atoms with E-state index in [0.717, 1.165) is 9.35 Å². The van der Waals surface area contributed by atoms with Crippen molar-refractivity contribution in [3.8, 4) is 0 Å². The monoisotopic (exact) mass is 298 g/mol. The normalized spacial score (nSPS) is 12.4. The summed E-state index contributed by atoms with van der Waals surface area (Å²) in [6, 6.07) is 5.79. The minimum atomic E-state index is -0.0911. The topological polar surface area (TPSA) is 44.9 Å². The van der Waals surface area contributed by atoms with Gasteiger partial charge in [0.1, 0.15) is 5.69 Å². The van der Waals surface area contributed by atoms with Crippen LogP contribution in [0.15, 0.2) is 34.2 Å². The van der Waals surface area contributed by atoms with Crippen molar-refractivity contribution in [2.75, 3.05) is 0 Å². The molecule has 5 heteroatoms. The number of carbonyl (C=O) groups excluding carboxylic acids is 1. The number of rotatable bonds is 3. The second-order valence-electron chi connectivity index (χ2n) is 3.44. The molecule has 1 atom stereocenters. The molecule has 84 valence electrons. The first-order chi connectivity index (χ1) is 7.66. The summed E-state index contributed by atoms with van der Waals surface area (Å²) in [5.74, 6) is -0.0911. The maximum Gasteiger partial charge on any atom is 0.268 e. The summed E-state index contributed by atoms with van der Waals surface area (Å²) in [7, 11) is 0. The highest BCUT2D eigenvalue weighted by atomic mass is 79.9. The van der Waals surface area contributed by atoms with E-state index in [0.29, 0.717) is 5.69 Å². The lowest BCUT2D eigenvalue weighted by Gasteiger charge is -2.10. The predicted molar refractivity (Wildman–Crippen MR) is 68.7 cm³/mol. The molecule has 1 amide bonds. The summed E-state index contributed by atoms with van der Waals surface area (Å²) in [5.41, 5.74) is 0.565. The van der Waals surface area contributed by atoms with Crippen molar-refractivity contribution in [2.45, 2.75) is 13.0 Å². The highest BCUT2D eigenvalue weighted by Gasteiger charge is 2.13. The highest BCUT2D eigenvalue weighted by Crippen LogP contribution is 2.19. The molecule has 0 aromatic carbocycles. The van der Waals surface area contributed by atoms with Crippen LogP contribution < -0.4 is 5.32 Å². The van der Waals surface area contributed by atoms with Crippen LogP contribution in [0.4, 0.5) is 0 Å². The van der Waals surface area contributed by atoms with Gasteiger partial charge in [-0.15, -0.1) is 11.3 Å². The highest BCUT2D eigenvalue weighted by molar-refractivity contribution is 9.10. The molecule has 0 spiro atoms. The van der Waals surface area contributed by atoms with Crippen LogP contribution in [0.1, 0.15) is 28.3 Å². The van der Waals surface area contributed by atoms with Gasteiger partial charge in [0.15, 0.2) is 0 Å². The quantitative estimate of drug-likeness (QED) is 0.897. The molecule has 2 N–H and O–H groups in total. The fraction of sp³-hybridized carbons (Fsp3) is 0.182. The first kappa shape index (κ1) is 11.4. The molecule has 2 aromatic rings. The van der Waals surface area contributed by atoms with E-state index in [1.807, 2.05) is 24.4 Å². The largest absolute Gasteiger partial charge is 0.356 e. The van der Waals surface area contributed by atoms with Gasteiger partial charge in [0.2, 0.25) is 0 Å². The molecular formula is C11H11BrN2OS. The molecule has 0 radical (unpaired) electrons.